The van der Waals surface area contributed by atoms with Crippen LogP contribution in [0.1, 0.15) is 16.1 Å². The lowest BCUT2D eigenvalue weighted by molar-refractivity contribution is 0.0594. The number of esters is 1. The van der Waals surface area contributed by atoms with Gasteiger partial charge >= 0.3 is 5.97 Å². The van der Waals surface area contributed by atoms with Gasteiger partial charge in [-0.05, 0) is 23.8 Å². The monoisotopic (exact) mass is 320 g/mol. The van der Waals surface area contributed by atoms with Gasteiger partial charge in [0.15, 0.2) is 11.3 Å². The van der Waals surface area contributed by atoms with Crippen molar-refractivity contribution < 1.29 is 9.53 Å². The highest BCUT2D eigenvalue weighted by Gasteiger charge is 2.14. The first-order valence-corrected chi connectivity index (χ1v) is 7.23. The number of carbonyl (C=O) groups is 1. The molecule has 24 heavy (non-hydrogen) atoms. The molecule has 0 aliphatic rings. The van der Waals surface area contributed by atoms with E-state index in [9.17, 15) is 4.79 Å². The van der Waals surface area contributed by atoms with Crippen molar-refractivity contribution >= 4 is 28.2 Å². The van der Waals surface area contributed by atoms with Gasteiger partial charge in [0.05, 0.1) is 25.4 Å². The molecule has 0 radical (unpaired) electrons. The highest BCUT2D eigenvalue weighted by Crippen LogP contribution is 2.15. The van der Waals surface area contributed by atoms with Gasteiger partial charge in [-0.25, -0.2) is 19.4 Å². The van der Waals surface area contributed by atoms with E-state index in [1.807, 2.05) is 30.3 Å². The molecule has 0 spiro atoms. The third-order valence-corrected chi connectivity index (χ3v) is 3.62. The molecule has 0 aliphatic heterocycles. The van der Waals surface area contributed by atoms with Gasteiger partial charge < -0.3 is 4.74 Å². The van der Waals surface area contributed by atoms with Gasteiger partial charge in [-0.1, -0.05) is 17.3 Å². The first-order chi connectivity index (χ1) is 11.7. The van der Waals surface area contributed by atoms with Gasteiger partial charge in [0.1, 0.15) is 0 Å². The zero-order valence-electron chi connectivity index (χ0n) is 12.7. The molecule has 0 unspecified atom stereocenters. The third-order valence-electron chi connectivity index (χ3n) is 3.62. The van der Waals surface area contributed by atoms with E-state index in [0.29, 0.717) is 17.8 Å². The van der Waals surface area contributed by atoms with Crippen molar-refractivity contribution in [2.75, 3.05) is 7.11 Å². The molecule has 0 saturated carbocycles. The largest absolute Gasteiger partial charge is 0.464 e. The van der Waals surface area contributed by atoms with Gasteiger partial charge in [-0.3, -0.25) is 4.98 Å². The van der Waals surface area contributed by atoms with Gasteiger partial charge in [0.2, 0.25) is 5.65 Å². The fraction of sp³-hybridized carbons (Fsp3) is 0.125. The molecule has 0 amide bonds. The van der Waals surface area contributed by atoms with Crippen LogP contribution in [0.15, 0.2) is 42.7 Å². The Hall–Kier alpha value is -3.42. The molecule has 0 aliphatic carbocycles. The molecule has 8 nitrogen and oxygen atoms in total. The summed E-state index contributed by atoms with van der Waals surface area (Å²) in [5.41, 5.74) is 2.88. The maximum atomic E-state index is 11.6. The van der Waals surface area contributed by atoms with E-state index in [4.69, 9.17) is 0 Å². The van der Waals surface area contributed by atoms with Gasteiger partial charge in [0, 0.05) is 11.6 Å². The Morgan fingerprint density at radius 2 is 2.17 bits per heavy atom. The number of fused-ring (bicyclic) bond motifs is 2. The molecule has 0 fully saturated rings. The van der Waals surface area contributed by atoms with E-state index >= 15 is 0 Å². The molecule has 118 valence electrons. The Bertz CT molecular complexity index is 1060. The number of benzene rings is 1. The van der Waals surface area contributed by atoms with E-state index in [2.05, 4.69) is 30.0 Å². The van der Waals surface area contributed by atoms with Crippen molar-refractivity contribution in [3.8, 4) is 0 Å². The summed E-state index contributed by atoms with van der Waals surface area (Å²) >= 11 is 0. The standard InChI is InChI=1S/C16H12N6O2/c1-24-16(23)13-8-18-14-15(19-13)22(21-20-14)9-10-4-5-12-11(7-10)3-2-6-17-12/h2-8H,9H2,1H3. The zero-order valence-corrected chi connectivity index (χ0v) is 12.7. The summed E-state index contributed by atoms with van der Waals surface area (Å²) < 4.78 is 6.27. The van der Waals surface area contributed by atoms with Crippen LogP contribution in [0.3, 0.4) is 0 Å². The van der Waals surface area contributed by atoms with Crippen LogP contribution in [-0.4, -0.2) is 43.0 Å². The van der Waals surface area contributed by atoms with E-state index in [0.717, 1.165) is 16.5 Å². The quantitative estimate of drug-likeness (QED) is 0.529. The van der Waals surface area contributed by atoms with E-state index < -0.39 is 5.97 Å². The molecule has 0 N–H and O–H groups in total. The number of carbonyl (C=O) groups excluding carboxylic acids is 1. The molecule has 4 rings (SSSR count). The highest BCUT2D eigenvalue weighted by molar-refractivity contribution is 5.88. The average molecular weight is 320 g/mol. The number of methoxy groups -OCH3 is 1. The van der Waals surface area contributed by atoms with Gasteiger partial charge in [-0.2, -0.15) is 0 Å². The number of hydrogen-bond donors (Lipinski definition) is 0. The lowest BCUT2D eigenvalue weighted by atomic mass is 10.1. The number of ether oxygens (including phenoxy) is 1. The molecule has 3 aromatic heterocycles. The fourth-order valence-corrected chi connectivity index (χ4v) is 2.46. The molecule has 0 saturated heterocycles. The third kappa shape index (κ3) is 2.43. The van der Waals surface area contributed by atoms with Gasteiger partial charge in [0.25, 0.3) is 0 Å². The van der Waals surface area contributed by atoms with Crippen molar-refractivity contribution in [2.24, 2.45) is 0 Å². The minimum absolute atomic E-state index is 0.122. The molecular formula is C16H12N6O2. The Morgan fingerprint density at radius 3 is 3.04 bits per heavy atom. The topological polar surface area (TPSA) is 95.7 Å². The maximum absolute atomic E-state index is 11.6. The van der Waals surface area contributed by atoms with Crippen LogP contribution >= 0.6 is 0 Å². The minimum Gasteiger partial charge on any atom is -0.464 e. The normalized spacial score (nSPS) is 11.0. The number of rotatable bonds is 3. The van der Waals surface area contributed by atoms with Crippen LogP contribution < -0.4 is 0 Å². The lowest BCUT2D eigenvalue weighted by Crippen LogP contribution is -2.08. The SMILES string of the molecule is COC(=O)c1cnc2nnn(Cc3ccc4ncccc4c3)c2n1. The molecule has 3 heterocycles. The van der Waals surface area contributed by atoms with Crippen LogP contribution in [0, 0.1) is 0 Å². The van der Waals surface area contributed by atoms with Crippen LogP contribution in [-0.2, 0) is 11.3 Å². The van der Waals surface area contributed by atoms with Crippen LogP contribution in [0.2, 0.25) is 0 Å². The van der Waals surface area contributed by atoms with E-state index in [-0.39, 0.29) is 5.69 Å². The second kappa shape index (κ2) is 5.65. The Labute approximate surface area is 136 Å². The first-order valence-electron chi connectivity index (χ1n) is 7.23. The van der Waals surface area contributed by atoms with Crippen LogP contribution in [0.25, 0.3) is 22.2 Å². The summed E-state index contributed by atoms with van der Waals surface area (Å²) in [5.74, 6) is -0.547. The molecular weight excluding hydrogens is 308 g/mol. The van der Waals surface area contributed by atoms with Crippen molar-refractivity contribution in [1.29, 1.82) is 0 Å². The summed E-state index contributed by atoms with van der Waals surface area (Å²) in [5, 5.41) is 9.09. The molecule has 0 bridgehead atoms. The Morgan fingerprint density at radius 1 is 1.25 bits per heavy atom. The van der Waals surface area contributed by atoms with Gasteiger partial charge in [-0.15, -0.1) is 5.10 Å². The van der Waals surface area contributed by atoms with Crippen molar-refractivity contribution in [1.82, 2.24) is 29.9 Å². The molecule has 8 heteroatoms. The summed E-state index contributed by atoms with van der Waals surface area (Å²) in [6, 6.07) is 9.86. The Kier molecular flexibility index (Phi) is 3.34. The maximum Gasteiger partial charge on any atom is 0.358 e. The number of nitrogens with zero attached hydrogens (tertiary/aromatic N) is 6. The molecule has 1 aromatic carbocycles. The zero-order chi connectivity index (χ0) is 16.5. The number of hydrogen-bond acceptors (Lipinski definition) is 7. The predicted octanol–water partition coefficient (Wildman–Crippen LogP) is 1.60. The Balaban J connectivity index is 1.73. The van der Waals surface area contributed by atoms with Crippen molar-refractivity contribution in [2.45, 2.75) is 6.54 Å². The van der Waals surface area contributed by atoms with Crippen molar-refractivity contribution in [3.05, 3.63) is 54.0 Å². The summed E-state index contributed by atoms with van der Waals surface area (Å²) in [4.78, 5) is 24.3. The molecule has 0 atom stereocenters. The number of aromatic nitrogens is 6. The molecule has 4 aromatic rings. The van der Waals surface area contributed by atoms with Crippen LogP contribution in [0.5, 0.6) is 0 Å². The summed E-state index contributed by atoms with van der Waals surface area (Å²) in [7, 11) is 1.30. The summed E-state index contributed by atoms with van der Waals surface area (Å²) in [6.07, 6.45) is 3.09. The van der Waals surface area contributed by atoms with Crippen LogP contribution in [0.4, 0.5) is 0 Å². The second-order valence-corrected chi connectivity index (χ2v) is 5.17. The average Bonchev–Trinajstić information content (AvgIpc) is 3.03. The van der Waals surface area contributed by atoms with E-state index in [1.165, 1.54) is 13.3 Å². The summed E-state index contributed by atoms with van der Waals surface area (Å²) in [6.45, 7) is 0.459. The smallest absolute Gasteiger partial charge is 0.358 e. The minimum atomic E-state index is -0.547. The van der Waals surface area contributed by atoms with Crippen molar-refractivity contribution in [3.63, 3.8) is 0 Å². The predicted molar refractivity (Wildman–Crippen MR) is 85.3 cm³/mol. The lowest BCUT2D eigenvalue weighted by Gasteiger charge is -2.04. The fourth-order valence-electron chi connectivity index (χ4n) is 2.46. The first kappa shape index (κ1) is 14.2. The van der Waals surface area contributed by atoms with E-state index in [1.54, 1.807) is 10.9 Å². The second-order valence-electron chi connectivity index (χ2n) is 5.17. The highest BCUT2D eigenvalue weighted by atomic mass is 16.5. The number of pyridine rings is 1.